The van der Waals surface area contributed by atoms with Crippen molar-refractivity contribution in [1.82, 2.24) is 4.90 Å². The topological polar surface area (TPSA) is 23.5 Å². The standard InChI is InChI=1S/C21H21NO/c23-19-13-12-16-8-4-5-11-18(16)20(19)21(22-14-6-7-15-22)17-9-2-1-3-10-17/h1-5,8-13,21,23H,6-7,14-15H2. The summed E-state index contributed by atoms with van der Waals surface area (Å²) in [7, 11) is 0. The van der Waals surface area contributed by atoms with Crippen molar-refractivity contribution in [3.63, 3.8) is 0 Å². The molecule has 1 aliphatic heterocycles. The van der Waals surface area contributed by atoms with Gasteiger partial charge in [-0.1, -0.05) is 60.7 Å². The first-order chi connectivity index (χ1) is 11.3. The predicted octanol–water partition coefficient (Wildman–Crippen LogP) is 4.73. The van der Waals surface area contributed by atoms with E-state index in [1.807, 2.05) is 18.2 Å². The third-order valence-electron chi connectivity index (χ3n) is 4.84. The summed E-state index contributed by atoms with van der Waals surface area (Å²) in [6, 6.07) is 22.9. The molecule has 0 radical (unpaired) electrons. The molecule has 116 valence electrons. The fourth-order valence-corrected chi connectivity index (χ4v) is 3.77. The van der Waals surface area contributed by atoms with Crippen molar-refractivity contribution in [2.24, 2.45) is 0 Å². The number of fused-ring (bicyclic) bond motifs is 1. The molecule has 1 heterocycles. The Hall–Kier alpha value is -2.32. The molecule has 1 N–H and O–H groups in total. The Morgan fingerprint density at radius 3 is 2.26 bits per heavy atom. The normalized spacial score (nSPS) is 16.7. The van der Waals surface area contributed by atoms with E-state index < -0.39 is 0 Å². The van der Waals surface area contributed by atoms with Gasteiger partial charge < -0.3 is 5.11 Å². The van der Waals surface area contributed by atoms with E-state index in [4.69, 9.17) is 0 Å². The number of hydrogen-bond acceptors (Lipinski definition) is 2. The van der Waals surface area contributed by atoms with E-state index in [2.05, 4.69) is 53.4 Å². The van der Waals surface area contributed by atoms with Crippen molar-refractivity contribution in [3.8, 4) is 5.75 Å². The van der Waals surface area contributed by atoms with Gasteiger partial charge >= 0.3 is 0 Å². The van der Waals surface area contributed by atoms with Gasteiger partial charge in [-0.15, -0.1) is 0 Å². The Bertz CT molecular complexity index is 806. The molecule has 0 amide bonds. The molecule has 1 fully saturated rings. The van der Waals surface area contributed by atoms with E-state index in [1.54, 1.807) is 0 Å². The predicted molar refractivity (Wildman–Crippen MR) is 94.7 cm³/mol. The molecule has 2 nitrogen and oxygen atoms in total. The second-order valence-corrected chi connectivity index (χ2v) is 6.28. The maximum atomic E-state index is 10.7. The lowest BCUT2D eigenvalue weighted by molar-refractivity contribution is 0.277. The fourth-order valence-electron chi connectivity index (χ4n) is 3.77. The lowest BCUT2D eigenvalue weighted by atomic mass is 9.92. The Labute approximate surface area is 137 Å². The van der Waals surface area contributed by atoms with Gasteiger partial charge in [-0.2, -0.15) is 0 Å². The molecule has 3 aromatic carbocycles. The lowest BCUT2D eigenvalue weighted by Gasteiger charge is -2.30. The molecule has 0 bridgehead atoms. The minimum atomic E-state index is 0.116. The number of benzene rings is 3. The van der Waals surface area contributed by atoms with Crippen LogP contribution >= 0.6 is 0 Å². The maximum absolute atomic E-state index is 10.7. The van der Waals surface area contributed by atoms with Gasteiger partial charge in [-0.25, -0.2) is 0 Å². The third kappa shape index (κ3) is 2.60. The number of phenols is 1. The van der Waals surface area contributed by atoms with E-state index in [0.29, 0.717) is 5.75 Å². The molecule has 1 saturated heterocycles. The number of aromatic hydroxyl groups is 1. The highest BCUT2D eigenvalue weighted by Crippen LogP contribution is 2.40. The zero-order chi connectivity index (χ0) is 15.6. The van der Waals surface area contributed by atoms with Crippen LogP contribution in [0.25, 0.3) is 10.8 Å². The lowest BCUT2D eigenvalue weighted by Crippen LogP contribution is -2.26. The average Bonchev–Trinajstić information content (AvgIpc) is 3.12. The van der Waals surface area contributed by atoms with Crippen LogP contribution < -0.4 is 0 Å². The van der Waals surface area contributed by atoms with Crippen molar-refractivity contribution in [2.75, 3.05) is 13.1 Å². The van der Waals surface area contributed by atoms with E-state index in [9.17, 15) is 5.11 Å². The van der Waals surface area contributed by atoms with Gasteiger partial charge in [0.25, 0.3) is 0 Å². The average molecular weight is 303 g/mol. The molecule has 3 aromatic rings. The number of phenolic OH excluding ortho intramolecular Hbond substituents is 1. The summed E-state index contributed by atoms with van der Waals surface area (Å²) >= 11 is 0. The minimum Gasteiger partial charge on any atom is -0.508 e. The molecular weight excluding hydrogens is 282 g/mol. The van der Waals surface area contributed by atoms with Crippen molar-refractivity contribution in [3.05, 3.63) is 77.9 Å². The monoisotopic (exact) mass is 303 g/mol. The number of hydrogen-bond donors (Lipinski definition) is 1. The molecule has 0 spiro atoms. The van der Waals surface area contributed by atoms with Crippen LogP contribution in [0.1, 0.15) is 30.0 Å². The van der Waals surface area contributed by atoms with Crippen LogP contribution in [0.2, 0.25) is 0 Å². The molecular formula is C21H21NO. The number of likely N-dealkylation sites (tertiary alicyclic amines) is 1. The van der Waals surface area contributed by atoms with Crippen LogP contribution in [0.15, 0.2) is 66.7 Å². The second kappa shape index (κ2) is 6.05. The van der Waals surface area contributed by atoms with Crippen LogP contribution in [0.5, 0.6) is 5.75 Å². The second-order valence-electron chi connectivity index (χ2n) is 6.28. The first kappa shape index (κ1) is 14.3. The van der Waals surface area contributed by atoms with E-state index in [1.165, 1.54) is 23.8 Å². The molecule has 0 aromatic heterocycles. The zero-order valence-corrected chi connectivity index (χ0v) is 13.2. The summed E-state index contributed by atoms with van der Waals surface area (Å²) in [4.78, 5) is 2.50. The zero-order valence-electron chi connectivity index (χ0n) is 13.2. The molecule has 2 heteroatoms. The van der Waals surface area contributed by atoms with Gasteiger partial charge in [-0.3, -0.25) is 4.90 Å². The Morgan fingerprint density at radius 2 is 1.48 bits per heavy atom. The highest BCUT2D eigenvalue weighted by atomic mass is 16.3. The van der Waals surface area contributed by atoms with Crippen LogP contribution in [-0.2, 0) is 0 Å². The van der Waals surface area contributed by atoms with E-state index in [-0.39, 0.29) is 6.04 Å². The summed E-state index contributed by atoms with van der Waals surface area (Å²) < 4.78 is 0. The van der Waals surface area contributed by atoms with Gasteiger partial charge in [0.2, 0.25) is 0 Å². The molecule has 4 rings (SSSR count). The first-order valence-electron chi connectivity index (χ1n) is 8.34. The largest absolute Gasteiger partial charge is 0.508 e. The quantitative estimate of drug-likeness (QED) is 0.756. The van der Waals surface area contributed by atoms with Gasteiger partial charge in [0.1, 0.15) is 5.75 Å². The number of nitrogens with zero attached hydrogens (tertiary/aromatic N) is 1. The van der Waals surface area contributed by atoms with Gasteiger partial charge in [0.05, 0.1) is 6.04 Å². The highest BCUT2D eigenvalue weighted by Gasteiger charge is 2.28. The molecule has 1 unspecified atom stereocenters. The Morgan fingerprint density at radius 1 is 0.783 bits per heavy atom. The minimum absolute atomic E-state index is 0.116. The van der Waals surface area contributed by atoms with Crippen molar-refractivity contribution < 1.29 is 5.11 Å². The SMILES string of the molecule is Oc1ccc2ccccc2c1C(c1ccccc1)N1CCCC1. The van der Waals surface area contributed by atoms with Crippen molar-refractivity contribution in [2.45, 2.75) is 18.9 Å². The van der Waals surface area contributed by atoms with Crippen molar-refractivity contribution >= 4 is 10.8 Å². The van der Waals surface area contributed by atoms with Crippen LogP contribution in [0.3, 0.4) is 0 Å². The maximum Gasteiger partial charge on any atom is 0.121 e. The van der Waals surface area contributed by atoms with Gasteiger partial charge in [0.15, 0.2) is 0 Å². The molecule has 23 heavy (non-hydrogen) atoms. The molecule has 1 aliphatic rings. The summed E-state index contributed by atoms with van der Waals surface area (Å²) in [5, 5.41) is 13.0. The van der Waals surface area contributed by atoms with Crippen LogP contribution in [-0.4, -0.2) is 23.1 Å². The van der Waals surface area contributed by atoms with E-state index >= 15 is 0 Å². The molecule has 0 saturated carbocycles. The van der Waals surface area contributed by atoms with Gasteiger partial charge in [0, 0.05) is 5.56 Å². The van der Waals surface area contributed by atoms with Crippen LogP contribution in [0, 0.1) is 0 Å². The smallest absolute Gasteiger partial charge is 0.121 e. The van der Waals surface area contributed by atoms with Gasteiger partial charge in [-0.05, 0) is 48.3 Å². The summed E-state index contributed by atoms with van der Waals surface area (Å²) in [5.41, 5.74) is 2.29. The molecule has 0 aliphatic carbocycles. The molecule has 1 atom stereocenters. The Balaban J connectivity index is 1.95. The summed E-state index contributed by atoms with van der Waals surface area (Å²) in [6.07, 6.45) is 2.46. The third-order valence-corrected chi connectivity index (χ3v) is 4.84. The fraction of sp³-hybridized carbons (Fsp3) is 0.238. The Kier molecular flexibility index (Phi) is 3.76. The van der Waals surface area contributed by atoms with E-state index in [0.717, 1.165) is 24.0 Å². The first-order valence-corrected chi connectivity index (χ1v) is 8.34. The summed E-state index contributed by atoms with van der Waals surface area (Å²) in [5.74, 6) is 0.393. The number of rotatable bonds is 3. The summed E-state index contributed by atoms with van der Waals surface area (Å²) in [6.45, 7) is 2.17. The van der Waals surface area contributed by atoms with Crippen LogP contribution in [0.4, 0.5) is 0 Å². The van der Waals surface area contributed by atoms with Crippen molar-refractivity contribution in [1.29, 1.82) is 0 Å². The highest BCUT2D eigenvalue weighted by molar-refractivity contribution is 5.88.